The molecule has 0 amide bonds. The Morgan fingerprint density at radius 1 is 1.06 bits per heavy atom. The summed E-state index contributed by atoms with van der Waals surface area (Å²) in [6, 6.07) is 15.5. The molecule has 0 atom stereocenters. The lowest BCUT2D eigenvalue weighted by Crippen LogP contribution is -2.19. The predicted octanol–water partition coefficient (Wildman–Crippen LogP) is 4.50. The Balaban J connectivity index is 1.62. The number of aromatic nitrogens is 1. The van der Waals surface area contributed by atoms with Crippen LogP contribution in [0.2, 0.25) is 10.0 Å². The summed E-state index contributed by atoms with van der Waals surface area (Å²) in [6.07, 6.45) is 3.02. The molecule has 2 heterocycles. The Hall–Kier alpha value is -3.06. The summed E-state index contributed by atoms with van der Waals surface area (Å²) in [5, 5.41) is 0.888. The highest BCUT2D eigenvalue weighted by Crippen LogP contribution is 2.29. The van der Waals surface area contributed by atoms with Gasteiger partial charge in [0.15, 0.2) is 5.78 Å². The molecule has 8 heteroatoms. The van der Waals surface area contributed by atoms with E-state index in [0.29, 0.717) is 42.1 Å². The molecule has 2 aromatic carbocycles. The highest BCUT2D eigenvalue weighted by Gasteiger charge is 2.07. The molecule has 0 saturated heterocycles. The van der Waals surface area contributed by atoms with Gasteiger partial charge in [-0.2, -0.15) is 0 Å². The maximum Gasteiger partial charge on any atom is 0.266 e. The molecule has 2 aromatic heterocycles. The van der Waals surface area contributed by atoms with Crippen molar-refractivity contribution in [3.8, 4) is 17.1 Å². The molecule has 5 nitrogen and oxygen atoms in total. The van der Waals surface area contributed by atoms with Gasteiger partial charge in [0, 0.05) is 23.3 Å². The summed E-state index contributed by atoms with van der Waals surface area (Å²) < 4.78 is 11.8. The van der Waals surface area contributed by atoms with Crippen LogP contribution in [0.5, 0.6) is 5.75 Å². The zero-order valence-corrected chi connectivity index (χ0v) is 18.5. The van der Waals surface area contributed by atoms with Crippen LogP contribution in [-0.4, -0.2) is 17.9 Å². The average Bonchev–Trinajstić information content (AvgIpc) is 3.37. The van der Waals surface area contributed by atoms with Gasteiger partial charge in [-0.3, -0.25) is 9.59 Å². The number of Topliss-reactive ketones (excluding diaryl/α,β-unsaturated/α-hetero) is 1. The maximum absolute atomic E-state index is 12.4. The molecule has 0 bridgehead atoms. The van der Waals surface area contributed by atoms with Crippen molar-refractivity contribution >= 4 is 52.5 Å². The number of methoxy groups -OCH3 is 1. The van der Waals surface area contributed by atoms with Crippen LogP contribution in [0, 0.1) is 0 Å². The van der Waals surface area contributed by atoms with Gasteiger partial charge in [0.25, 0.3) is 5.56 Å². The number of halogens is 2. The lowest BCUT2D eigenvalue weighted by atomic mass is 10.1. The number of carbonyl (C=O) groups excluding carboxylic acids is 1. The third-order valence-electron chi connectivity index (χ3n) is 4.42. The van der Waals surface area contributed by atoms with E-state index in [4.69, 9.17) is 32.4 Å². The van der Waals surface area contributed by atoms with E-state index in [-0.39, 0.29) is 11.3 Å². The lowest BCUT2D eigenvalue weighted by molar-refractivity contribution is 0.106. The van der Waals surface area contributed by atoms with E-state index in [1.54, 1.807) is 67.8 Å². The van der Waals surface area contributed by atoms with E-state index >= 15 is 0 Å². The number of H-pyrrole nitrogens is 1. The normalized spacial score (nSPS) is 12.4. The third kappa shape index (κ3) is 4.82. The number of nitrogens with one attached hydrogen (secondary N) is 1. The van der Waals surface area contributed by atoms with Gasteiger partial charge in [-0.15, -0.1) is 11.3 Å². The number of furan rings is 1. The SMILES string of the molecule is COc1ccc(C(=O)/C=c2\[nH]c(=O)/c(=C\c3ccc(-c4ccc(Cl)c(Cl)c4)o3)s2)cc1. The fourth-order valence-electron chi connectivity index (χ4n) is 2.85. The first kappa shape index (κ1) is 21.2. The molecule has 0 spiro atoms. The number of carbonyl (C=O) groups is 1. The van der Waals surface area contributed by atoms with Crippen molar-refractivity contribution in [1.82, 2.24) is 4.98 Å². The van der Waals surface area contributed by atoms with Gasteiger partial charge in [0.2, 0.25) is 0 Å². The summed E-state index contributed by atoms with van der Waals surface area (Å²) in [6.45, 7) is 0. The molecule has 156 valence electrons. The summed E-state index contributed by atoms with van der Waals surface area (Å²) in [5.41, 5.74) is 0.970. The number of ketones is 1. The molecule has 0 fully saturated rings. The number of hydrogen-bond acceptors (Lipinski definition) is 5. The predicted molar refractivity (Wildman–Crippen MR) is 124 cm³/mol. The molecule has 0 aliphatic heterocycles. The summed E-state index contributed by atoms with van der Waals surface area (Å²) in [4.78, 5) is 27.4. The van der Waals surface area contributed by atoms with Crippen LogP contribution < -0.4 is 19.5 Å². The van der Waals surface area contributed by atoms with Crippen LogP contribution in [0.15, 0.2) is 63.8 Å². The highest BCUT2D eigenvalue weighted by molar-refractivity contribution is 7.07. The smallest absolute Gasteiger partial charge is 0.266 e. The van der Waals surface area contributed by atoms with Crippen molar-refractivity contribution < 1.29 is 13.9 Å². The molecule has 0 saturated carbocycles. The van der Waals surface area contributed by atoms with Gasteiger partial charge in [-0.25, -0.2) is 0 Å². The summed E-state index contributed by atoms with van der Waals surface area (Å²) >= 11 is 13.2. The highest BCUT2D eigenvalue weighted by atomic mass is 35.5. The maximum atomic E-state index is 12.4. The second-order valence-electron chi connectivity index (χ2n) is 6.50. The zero-order valence-electron chi connectivity index (χ0n) is 16.1. The Morgan fingerprint density at radius 3 is 2.55 bits per heavy atom. The van der Waals surface area contributed by atoms with Crippen molar-refractivity contribution in [3.05, 3.63) is 95.5 Å². The standard InChI is InChI=1S/C23H15Cl2NO4S/c1-29-15-5-2-13(3-6-15)19(27)12-22-26-23(28)21(31-22)11-16-7-9-20(30-16)14-4-8-17(24)18(25)10-14/h2-12H,1H3,(H,26,28)/b21-11+,22-12+. The van der Waals surface area contributed by atoms with Crippen molar-refractivity contribution in [2.24, 2.45) is 0 Å². The molecule has 31 heavy (non-hydrogen) atoms. The fraction of sp³-hybridized carbons (Fsp3) is 0.0435. The second-order valence-corrected chi connectivity index (χ2v) is 8.40. The van der Waals surface area contributed by atoms with Crippen LogP contribution >= 0.6 is 34.5 Å². The Kier molecular flexibility index (Phi) is 6.13. The van der Waals surface area contributed by atoms with E-state index in [9.17, 15) is 9.59 Å². The number of benzene rings is 2. The summed E-state index contributed by atoms with van der Waals surface area (Å²) in [5.74, 6) is 1.55. The van der Waals surface area contributed by atoms with Crippen molar-refractivity contribution in [2.75, 3.05) is 7.11 Å². The van der Waals surface area contributed by atoms with Crippen LogP contribution in [0.3, 0.4) is 0 Å². The number of rotatable bonds is 5. The van der Waals surface area contributed by atoms with Gasteiger partial charge < -0.3 is 14.1 Å². The van der Waals surface area contributed by atoms with E-state index in [2.05, 4.69) is 4.98 Å². The summed E-state index contributed by atoms with van der Waals surface area (Å²) in [7, 11) is 1.56. The number of ether oxygens (including phenoxy) is 1. The van der Waals surface area contributed by atoms with Crippen LogP contribution in [-0.2, 0) is 0 Å². The minimum absolute atomic E-state index is 0.216. The molecular weight excluding hydrogens is 457 g/mol. The Bertz CT molecular complexity index is 1430. The quantitative estimate of drug-likeness (QED) is 0.434. The third-order valence-corrected chi connectivity index (χ3v) is 6.12. The van der Waals surface area contributed by atoms with E-state index < -0.39 is 0 Å². The van der Waals surface area contributed by atoms with Crippen LogP contribution in [0.4, 0.5) is 0 Å². The Morgan fingerprint density at radius 2 is 1.84 bits per heavy atom. The van der Waals surface area contributed by atoms with Gasteiger partial charge in [-0.05, 0) is 54.6 Å². The molecule has 4 rings (SSSR count). The van der Waals surface area contributed by atoms with Crippen molar-refractivity contribution in [1.29, 1.82) is 0 Å². The first-order valence-corrected chi connectivity index (χ1v) is 10.7. The van der Waals surface area contributed by atoms with Gasteiger partial charge in [0.05, 0.1) is 26.4 Å². The Labute approximate surface area is 190 Å². The second kappa shape index (κ2) is 8.98. The fourth-order valence-corrected chi connectivity index (χ4v) is 4.01. The van der Waals surface area contributed by atoms with Crippen LogP contribution in [0.1, 0.15) is 16.1 Å². The molecule has 0 aliphatic rings. The molecular formula is C23H15Cl2NO4S. The van der Waals surface area contributed by atoms with Crippen molar-refractivity contribution in [2.45, 2.75) is 0 Å². The first-order chi connectivity index (χ1) is 14.9. The molecule has 0 unspecified atom stereocenters. The van der Waals surface area contributed by atoms with E-state index in [1.807, 2.05) is 0 Å². The van der Waals surface area contributed by atoms with E-state index in [0.717, 1.165) is 5.56 Å². The topological polar surface area (TPSA) is 72.3 Å². The van der Waals surface area contributed by atoms with Gasteiger partial charge in [-0.1, -0.05) is 23.2 Å². The molecule has 0 aliphatic carbocycles. The van der Waals surface area contributed by atoms with Gasteiger partial charge >= 0.3 is 0 Å². The van der Waals surface area contributed by atoms with E-state index in [1.165, 1.54) is 17.4 Å². The monoisotopic (exact) mass is 471 g/mol. The number of thiazole rings is 1. The molecule has 1 N–H and O–H groups in total. The van der Waals surface area contributed by atoms with Crippen molar-refractivity contribution in [3.63, 3.8) is 0 Å². The molecule has 4 aromatic rings. The van der Waals surface area contributed by atoms with Crippen LogP contribution in [0.25, 0.3) is 23.5 Å². The average molecular weight is 472 g/mol. The zero-order chi connectivity index (χ0) is 22.0. The number of aromatic amines is 1. The number of hydrogen-bond donors (Lipinski definition) is 1. The first-order valence-electron chi connectivity index (χ1n) is 9.09. The van der Waals surface area contributed by atoms with Gasteiger partial charge in [0.1, 0.15) is 17.3 Å². The largest absolute Gasteiger partial charge is 0.497 e. The molecule has 0 radical (unpaired) electrons. The minimum Gasteiger partial charge on any atom is -0.497 e. The minimum atomic E-state index is -0.300. The lowest BCUT2D eigenvalue weighted by Gasteiger charge is -1.99.